The third kappa shape index (κ3) is 1.23. The number of piperidine rings is 1. The van der Waals surface area contributed by atoms with Gasteiger partial charge in [0.15, 0.2) is 0 Å². The standard InChI is InChI=1S/C11H19NO/c13-7-11-9-5-12(6-10(9)11)8-3-1-2-4-8/h8-11,13H,1-7H2. The van der Waals surface area contributed by atoms with Crippen LogP contribution in [-0.2, 0) is 0 Å². The summed E-state index contributed by atoms with van der Waals surface area (Å²) in [4.78, 5) is 2.69. The molecule has 13 heavy (non-hydrogen) atoms. The highest BCUT2D eigenvalue weighted by molar-refractivity contribution is 5.06. The second kappa shape index (κ2) is 2.96. The van der Waals surface area contributed by atoms with Crippen LogP contribution in [0.1, 0.15) is 25.7 Å². The number of hydrogen-bond acceptors (Lipinski definition) is 2. The summed E-state index contributed by atoms with van der Waals surface area (Å²) in [5.74, 6) is 2.41. The lowest BCUT2D eigenvalue weighted by molar-refractivity contribution is 0.183. The van der Waals surface area contributed by atoms with Gasteiger partial charge in [-0.3, -0.25) is 4.90 Å². The first-order valence-corrected chi connectivity index (χ1v) is 5.75. The highest BCUT2D eigenvalue weighted by atomic mass is 16.3. The van der Waals surface area contributed by atoms with E-state index in [-0.39, 0.29) is 0 Å². The molecule has 2 nitrogen and oxygen atoms in total. The topological polar surface area (TPSA) is 23.5 Å². The molecule has 0 bridgehead atoms. The van der Waals surface area contributed by atoms with Crippen molar-refractivity contribution in [2.75, 3.05) is 19.7 Å². The first-order valence-electron chi connectivity index (χ1n) is 5.75. The predicted molar refractivity (Wildman–Crippen MR) is 51.4 cm³/mol. The van der Waals surface area contributed by atoms with E-state index in [4.69, 9.17) is 5.11 Å². The van der Waals surface area contributed by atoms with Gasteiger partial charge in [-0.1, -0.05) is 12.8 Å². The van der Waals surface area contributed by atoms with Crippen LogP contribution in [0.3, 0.4) is 0 Å². The summed E-state index contributed by atoms with van der Waals surface area (Å²) in [6.07, 6.45) is 5.76. The van der Waals surface area contributed by atoms with Crippen molar-refractivity contribution in [1.82, 2.24) is 4.90 Å². The van der Waals surface area contributed by atoms with Gasteiger partial charge in [-0.15, -0.1) is 0 Å². The van der Waals surface area contributed by atoms with E-state index >= 15 is 0 Å². The van der Waals surface area contributed by atoms with E-state index in [1.807, 2.05) is 0 Å². The Kier molecular flexibility index (Phi) is 1.88. The van der Waals surface area contributed by atoms with Crippen molar-refractivity contribution in [2.45, 2.75) is 31.7 Å². The molecule has 1 N–H and O–H groups in total. The Labute approximate surface area is 79.9 Å². The first-order chi connectivity index (χ1) is 6.40. The maximum Gasteiger partial charge on any atom is 0.0465 e. The summed E-state index contributed by atoms with van der Waals surface area (Å²) in [5.41, 5.74) is 0. The van der Waals surface area contributed by atoms with Gasteiger partial charge in [0, 0.05) is 25.7 Å². The first kappa shape index (κ1) is 8.25. The molecule has 2 saturated carbocycles. The van der Waals surface area contributed by atoms with Gasteiger partial charge >= 0.3 is 0 Å². The van der Waals surface area contributed by atoms with E-state index in [0.717, 1.165) is 17.9 Å². The molecule has 1 saturated heterocycles. The second-order valence-corrected chi connectivity index (χ2v) is 5.07. The fourth-order valence-corrected chi connectivity index (χ4v) is 3.52. The van der Waals surface area contributed by atoms with Crippen molar-refractivity contribution >= 4 is 0 Å². The summed E-state index contributed by atoms with van der Waals surface area (Å²) in [5, 5.41) is 9.04. The van der Waals surface area contributed by atoms with Crippen LogP contribution in [-0.4, -0.2) is 35.7 Å². The number of hydrogen-bond donors (Lipinski definition) is 1. The molecule has 0 amide bonds. The van der Waals surface area contributed by atoms with Gasteiger partial charge in [-0.05, 0) is 30.6 Å². The van der Waals surface area contributed by atoms with Gasteiger partial charge in [0.25, 0.3) is 0 Å². The molecule has 0 aromatic heterocycles. The summed E-state index contributed by atoms with van der Waals surface area (Å²) in [7, 11) is 0. The summed E-state index contributed by atoms with van der Waals surface area (Å²) in [6, 6.07) is 0.909. The Morgan fingerprint density at radius 3 is 2.23 bits per heavy atom. The van der Waals surface area contributed by atoms with E-state index in [1.165, 1.54) is 38.8 Å². The molecule has 0 aromatic carbocycles. The highest BCUT2D eigenvalue weighted by Crippen LogP contribution is 2.52. The summed E-state index contributed by atoms with van der Waals surface area (Å²) < 4.78 is 0. The van der Waals surface area contributed by atoms with Crippen LogP contribution in [0.15, 0.2) is 0 Å². The van der Waals surface area contributed by atoms with Gasteiger partial charge in [-0.2, -0.15) is 0 Å². The average molecular weight is 181 g/mol. The Hall–Kier alpha value is -0.0800. The van der Waals surface area contributed by atoms with Gasteiger partial charge < -0.3 is 5.11 Å². The quantitative estimate of drug-likeness (QED) is 0.689. The molecular weight excluding hydrogens is 162 g/mol. The average Bonchev–Trinajstić information content (AvgIpc) is 2.68. The van der Waals surface area contributed by atoms with Crippen molar-refractivity contribution in [3.05, 3.63) is 0 Å². The lowest BCUT2D eigenvalue weighted by Gasteiger charge is -2.25. The summed E-state index contributed by atoms with van der Waals surface area (Å²) in [6.45, 7) is 3.02. The number of aliphatic hydroxyl groups is 1. The van der Waals surface area contributed by atoms with Crippen LogP contribution in [0, 0.1) is 17.8 Å². The Balaban J connectivity index is 1.55. The van der Waals surface area contributed by atoms with E-state index in [2.05, 4.69) is 4.90 Å². The van der Waals surface area contributed by atoms with Gasteiger partial charge in [-0.25, -0.2) is 0 Å². The zero-order valence-electron chi connectivity index (χ0n) is 8.15. The predicted octanol–water partition coefficient (Wildman–Crippen LogP) is 1.10. The van der Waals surface area contributed by atoms with Crippen LogP contribution in [0.25, 0.3) is 0 Å². The molecule has 2 unspecified atom stereocenters. The van der Waals surface area contributed by atoms with Crippen LogP contribution >= 0.6 is 0 Å². The van der Waals surface area contributed by atoms with Crippen LogP contribution in [0.5, 0.6) is 0 Å². The minimum Gasteiger partial charge on any atom is -0.396 e. The highest BCUT2D eigenvalue weighted by Gasteiger charge is 2.55. The van der Waals surface area contributed by atoms with Crippen LogP contribution < -0.4 is 0 Å². The number of likely N-dealkylation sites (tertiary alicyclic amines) is 1. The molecule has 2 heteroatoms. The number of nitrogens with zero attached hydrogens (tertiary/aromatic N) is 1. The van der Waals surface area contributed by atoms with E-state index in [0.29, 0.717) is 12.5 Å². The second-order valence-electron chi connectivity index (χ2n) is 5.07. The molecule has 0 radical (unpaired) electrons. The van der Waals surface area contributed by atoms with E-state index in [9.17, 15) is 0 Å². The molecule has 1 aliphatic heterocycles. The van der Waals surface area contributed by atoms with Crippen molar-refractivity contribution in [2.24, 2.45) is 17.8 Å². The lowest BCUT2D eigenvalue weighted by atomic mass is 10.2. The molecule has 0 aromatic rings. The smallest absolute Gasteiger partial charge is 0.0465 e. The van der Waals surface area contributed by atoms with Crippen LogP contribution in [0.4, 0.5) is 0 Å². The van der Waals surface area contributed by atoms with Crippen molar-refractivity contribution in [3.63, 3.8) is 0 Å². The maximum atomic E-state index is 9.04. The minimum atomic E-state index is 0.438. The molecule has 2 atom stereocenters. The van der Waals surface area contributed by atoms with Crippen LogP contribution in [0.2, 0.25) is 0 Å². The maximum absolute atomic E-state index is 9.04. The molecule has 3 aliphatic rings. The zero-order chi connectivity index (χ0) is 8.84. The zero-order valence-corrected chi connectivity index (χ0v) is 8.15. The molecule has 1 heterocycles. The van der Waals surface area contributed by atoms with Gasteiger partial charge in [0.1, 0.15) is 0 Å². The largest absolute Gasteiger partial charge is 0.396 e. The molecular formula is C11H19NO. The number of aliphatic hydroxyl groups excluding tert-OH is 1. The van der Waals surface area contributed by atoms with Crippen molar-refractivity contribution in [1.29, 1.82) is 0 Å². The number of rotatable bonds is 2. The SMILES string of the molecule is OCC1C2CN(C3CCCC3)CC12. The van der Waals surface area contributed by atoms with E-state index in [1.54, 1.807) is 0 Å². The summed E-state index contributed by atoms with van der Waals surface area (Å²) >= 11 is 0. The normalized spacial score (nSPS) is 45.5. The fourth-order valence-electron chi connectivity index (χ4n) is 3.52. The fraction of sp³-hybridized carbons (Fsp3) is 1.00. The molecule has 3 fully saturated rings. The monoisotopic (exact) mass is 181 g/mol. The Bertz CT molecular complexity index is 188. The van der Waals surface area contributed by atoms with Gasteiger partial charge in [0.05, 0.1) is 0 Å². The molecule has 74 valence electrons. The molecule has 3 rings (SSSR count). The Morgan fingerprint density at radius 1 is 1.08 bits per heavy atom. The number of fused-ring (bicyclic) bond motifs is 1. The lowest BCUT2D eigenvalue weighted by Crippen LogP contribution is -2.33. The van der Waals surface area contributed by atoms with E-state index < -0.39 is 0 Å². The van der Waals surface area contributed by atoms with Gasteiger partial charge in [0.2, 0.25) is 0 Å². The van der Waals surface area contributed by atoms with Crippen molar-refractivity contribution < 1.29 is 5.11 Å². The van der Waals surface area contributed by atoms with Crippen molar-refractivity contribution in [3.8, 4) is 0 Å². The Morgan fingerprint density at radius 2 is 1.69 bits per heavy atom. The molecule has 2 aliphatic carbocycles. The third-order valence-corrected chi connectivity index (χ3v) is 4.45. The third-order valence-electron chi connectivity index (χ3n) is 4.45. The molecule has 0 spiro atoms. The minimum absolute atomic E-state index is 0.438.